The summed E-state index contributed by atoms with van der Waals surface area (Å²) in [6.07, 6.45) is 3.53. The monoisotopic (exact) mass is 499 g/mol. The predicted octanol–water partition coefficient (Wildman–Crippen LogP) is 3.25. The van der Waals surface area contributed by atoms with Gasteiger partial charge >= 0.3 is 0 Å². The Morgan fingerprint density at radius 1 is 1.09 bits per heavy atom. The maximum absolute atomic E-state index is 13.2. The van der Waals surface area contributed by atoms with Crippen molar-refractivity contribution in [3.05, 3.63) is 59.2 Å². The number of carbonyl (C=O) groups is 2. The lowest BCUT2D eigenvalue weighted by atomic mass is 9.96. The Labute approximate surface area is 207 Å². The molecule has 2 atom stereocenters. The molecule has 2 amide bonds. The molecule has 2 aromatic carbocycles. The Morgan fingerprint density at radius 2 is 1.91 bits per heavy atom. The zero-order valence-corrected chi connectivity index (χ0v) is 21.1. The van der Waals surface area contributed by atoms with E-state index in [9.17, 15) is 18.0 Å². The molecule has 8 nitrogen and oxygen atoms in total. The first-order valence-electron chi connectivity index (χ1n) is 12.1. The van der Waals surface area contributed by atoms with Gasteiger partial charge in [-0.25, -0.2) is 8.42 Å². The van der Waals surface area contributed by atoms with E-state index in [4.69, 9.17) is 4.74 Å². The van der Waals surface area contributed by atoms with E-state index in [2.05, 4.69) is 10.0 Å². The van der Waals surface area contributed by atoms with Crippen LogP contribution >= 0.6 is 0 Å². The van der Waals surface area contributed by atoms with Crippen molar-refractivity contribution in [2.75, 3.05) is 31.0 Å². The van der Waals surface area contributed by atoms with Gasteiger partial charge in [0.15, 0.2) is 0 Å². The number of hydrogen-bond donors (Lipinski definition) is 2. The van der Waals surface area contributed by atoms with Crippen molar-refractivity contribution in [1.29, 1.82) is 0 Å². The highest BCUT2D eigenvalue weighted by Gasteiger charge is 2.30. The van der Waals surface area contributed by atoms with Crippen LogP contribution < -0.4 is 10.0 Å². The molecule has 2 heterocycles. The molecule has 2 N–H and O–H groups in total. The van der Waals surface area contributed by atoms with Crippen LogP contribution in [0, 0.1) is 19.8 Å². The molecule has 4 rings (SSSR count). The summed E-state index contributed by atoms with van der Waals surface area (Å²) in [6, 6.07) is 11.6. The van der Waals surface area contributed by atoms with Crippen molar-refractivity contribution in [2.45, 2.75) is 50.5 Å². The first kappa shape index (κ1) is 25.2. The number of sulfonamides is 1. The fourth-order valence-corrected chi connectivity index (χ4v) is 6.03. The summed E-state index contributed by atoms with van der Waals surface area (Å²) in [6.45, 7) is 5.82. The number of nitrogens with zero attached hydrogens (tertiary/aromatic N) is 1. The number of likely N-dealkylation sites (tertiary alicyclic amines) is 1. The van der Waals surface area contributed by atoms with Gasteiger partial charge in [0.05, 0.1) is 16.9 Å². The van der Waals surface area contributed by atoms with Crippen LogP contribution in [0.4, 0.5) is 5.69 Å². The molecule has 2 unspecified atom stereocenters. The Bertz CT molecular complexity index is 1190. The summed E-state index contributed by atoms with van der Waals surface area (Å²) >= 11 is 0. The van der Waals surface area contributed by atoms with Gasteiger partial charge in [0.1, 0.15) is 0 Å². The van der Waals surface area contributed by atoms with Crippen molar-refractivity contribution in [3.8, 4) is 0 Å². The van der Waals surface area contributed by atoms with E-state index in [1.165, 1.54) is 0 Å². The van der Waals surface area contributed by atoms with Crippen molar-refractivity contribution >= 4 is 27.5 Å². The van der Waals surface area contributed by atoms with Gasteiger partial charge in [-0.05, 0) is 69.4 Å². The molecular weight excluding hydrogens is 466 g/mol. The first-order valence-corrected chi connectivity index (χ1v) is 13.6. The van der Waals surface area contributed by atoms with Crippen molar-refractivity contribution in [2.24, 2.45) is 5.92 Å². The zero-order valence-electron chi connectivity index (χ0n) is 20.2. The number of piperidine rings is 1. The Balaban J connectivity index is 1.41. The topological polar surface area (TPSA) is 105 Å². The quantitative estimate of drug-likeness (QED) is 0.609. The smallest absolute Gasteiger partial charge is 0.262 e. The highest BCUT2D eigenvalue weighted by molar-refractivity contribution is 7.92. The highest BCUT2D eigenvalue weighted by atomic mass is 32.2. The zero-order chi connectivity index (χ0) is 25.0. The third-order valence-corrected chi connectivity index (χ3v) is 8.13. The molecule has 2 aromatic rings. The molecule has 2 saturated heterocycles. The molecule has 0 radical (unpaired) electrons. The predicted molar refractivity (Wildman–Crippen MR) is 134 cm³/mol. The summed E-state index contributed by atoms with van der Waals surface area (Å²) in [5.74, 6) is -0.525. The molecule has 0 aliphatic carbocycles. The van der Waals surface area contributed by atoms with E-state index in [0.29, 0.717) is 36.4 Å². The largest absolute Gasteiger partial charge is 0.376 e. The minimum absolute atomic E-state index is 0.0482. The van der Waals surface area contributed by atoms with E-state index in [1.807, 2.05) is 13.0 Å². The van der Waals surface area contributed by atoms with Crippen LogP contribution in [0.15, 0.2) is 47.4 Å². The highest BCUT2D eigenvalue weighted by Crippen LogP contribution is 2.23. The normalized spacial score (nSPS) is 20.5. The van der Waals surface area contributed by atoms with Crippen LogP contribution in [0.2, 0.25) is 0 Å². The molecule has 0 spiro atoms. The number of hydrogen-bond acceptors (Lipinski definition) is 5. The molecule has 0 aromatic heterocycles. The summed E-state index contributed by atoms with van der Waals surface area (Å²) in [4.78, 5) is 27.8. The van der Waals surface area contributed by atoms with Crippen LogP contribution in [0.5, 0.6) is 0 Å². The van der Waals surface area contributed by atoms with E-state index >= 15 is 0 Å². The average Bonchev–Trinajstić information content (AvgIpc) is 3.35. The fraction of sp³-hybridized carbons (Fsp3) is 0.462. The van der Waals surface area contributed by atoms with Gasteiger partial charge < -0.3 is 15.0 Å². The number of nitrogens with one attached hydrogen (secondary N) is 2. The van der Waals surface area contributed by atoms with Crippen LogP contribution in [0.3, 0.4) is 0 Å². The van der Waals surface area contributed by atoms with Gasteiger partial charge in [-0.15, -0.1) is 0 Å². The number of anilines is 1. The van der Waals surface area contributed by atoms with Gasteiger partial charge in [0.2, 0.25) is 5.91 Å². The lowest BCUT2D eigenvalue weighted by Crippen LogP contribution is -2.46. The van der Waals surface area contributed by atoms with E-state index in [0.717, 1.165) is 37.9 Å². The SMILES string of the molecule is Cc1ccc(S(=O)(=O)Nc2cccc(C(=O)N3CCCC(C(=O)NCC4CCCO4)C3)c2)c(C)c1. The Morgan fingerprint density at radius 3 is 2.66 bits per heavy atom. The molecule has 9 heteroatoms. The lowest BCUT2D eigenvalue weighted by Gasteiger charge is -2.32. The van der Waals surface area contributed by atoms with Crippen LogP contribution in [0.1, 0.15) is 47.2 Å². The maximum Gasteiger partial charge on any atom is 0.262 e. The van der Waals surface area contributed by atoms with Gasteiger partial charge in [0, 0.05) is 37.5 Å². The Kier molecular flexibility index (Phi) is 7.76. The Hall–Kier alpha value is -2.91. The summed E-state index contributed by atoms with van der Waals surface area (Å²) in [5, 5.41) is 2.97. The number of benzene rings is 2. The third-order valence-electron chi connectivity index (χ3n) is 6.59. The summed E-state index contributed by atoms with van der Waals surface area (Å²) in [7, 11) is -3.80. The molecule has 35 heavy (non-hydrogen) atoms. The lowest BCUT2D eigenvalue weighted by molar-refractivity contribution is -0.126. The summed E-state index contributed by atoms with van der Waals surface area (Å²) in [5.41, 5.74) is 2.33. The number of carbonyl (C=O) groups excluding carboxylic acids is 2. The second-order valence-electron chi connectivity index (χ2n) is 9.43. The number of aryl methyl sites for hydroxylation is 2. The number of rotatable bonds is 7. The molecule has 188 valence electrons. The molecule has 0 bridgehead atoms. The number of ether oxygens (including phenoxy) is 1. The van der Waals surface area contributed by atoms with Crippen LogP contribution in [0.25, 0.3) is 0 Å². The molecule has 2 aliphatic rings. The van der Waals surface area contributed by atoms with E-state index < -0.39 is 10.0 Å². The minimum Gasteiger partial charge on any atom is -0.376 e. The standard InChI is InChI=1S/C26H33N3O5S/c1-18-10-11-24(19(2)14-18)35(32,33)28-22-8-3-6-20(15-22)26(31)29-12-4-7-21(17-29)25(30)27-16-23-9-5-13-34-23/h3,6,8,10-11,14-15,21,23,28H,4-5,7,9,12-13,16-17H2,1-2H3,(H,27,30). The van der Waals surface area contributed by atoms with Crippen molar-refractivity contribution in [3.63, 3.8) is 0 Å². The van der Waals surface area contributed by atoms with E-state index in [1.54, 1.807) is 48.2 Å². The first-order chi connectivity index (χ1) is 16.7. The third kappa shape index (κ3) is 6.21. The second-order valence-corrected chi connectivity index (χ2v) is 11.1. The van der Waals surface area contributed by atoms with E-state index in [-0.39, 0.29) is 28.7 Å². The van der Waals surface area contributed by atoms with Gasteiger partial charge in [-0.3, -0.25) is 14.3 Å². The van der Waals surface area contributed by atoms with Gasteiger partial charge in [-0.1, -0.05) is 23.8 Å². The van der Waals surface area contributed by atoms with Crippen LogP contribution in [-0.4, -0.2) is 57.5 Å². The molecule has 2 aliphatic heterocycles. The van der Waals surface area contributed by atoms with Crippen LogP contribution in [-0.2, 0) is 19.6 Å². The molecular formula is C26H33N3O5S. The van der Waals surface area contributed by atoms with Crippen molar-refractivity contribution in [1.82, 2.24) is 10.2 Å². The average molecular weight is 500 g/mol. The van der Waals surface area contributed by atoms with Crippen molar-refractivity contribution < 1.29 is 22.7 Å². The maximum atomic E-state index is 13.2. The van der Waals surface area contributed by atoms with Gasteiger partial charge in [0.25, 0.3) is 15.9 Å². The summed E-state index contributed by atoms with van der Waals surface area (Å²) < 4.78 is 34.0. The molecule has 0 saturated carbocycles. The number of amides is 2. The molecule has 2 fully saturated rings. The fourth-order valence-electron chi connectivity index (χ4n) is 4.75. The second kappa shape index (κ2) is 10.8. The van der Waals surface area contributed by atoms with Gasteiger partial charge in [-0.2, -0.15) is 0 Å². The minimum atomic E-state index is -3.80.